The van der Waals surface area contributed by atoms with E-state index in [1.54, 1.807) is 19.2 Å². The Morgan fingerprint density at radius 3 is 2.96 bits per heavy atom. The van der Waals surface area contributed by atoms with Crippen molar-refractivity contribution in [2.75, 3.05) is 19.4 Å². The van der Waals surface area contributed by atoms with Crippen molar-refractivity contribution in [1.29, 1.82) is 0 Å². The Hall–Kier alpha value is -3.09. The molecule has 3 rings (SSSR count). The topological polar surface area (TPSA) is 97.6 Å². The van der Waals surface area contributed by atoms with Crippen LogP contribution in [0.15, 0.2) is 42.6 Å². The lowest BCUT2D eigenvalue weighted by molar-refractivity contribution is -0.131. The van der Waals surface area contributed by atoms with Crippen molar-refractivity contribution < 1.29 is 14.3 Å². The quantitative estimate of drug-likeness (QED) is 0.841. The lowest BCUT2D eigenvalue weighted by Gasteiger charge is -2.21. The van der Waals surface area contributed by atoms with E-state index >= 15 is 0 Å². The lowest BCUT2D eigenvalue weighted by Crippen LogP contribution is -2.36. The first-order valence-corrected chi connectivity index (χ1v) is 8.98. The number of amides is 2. The van der Waals surface area contributed by atoms with Crippen molar-refractivity contribution >= 4 is 17.6 Å². The van der Waals surface area contributed by atoms with Gasteiger partial charge in [0.15, 0.2) is 0 Å². The number of likely N-dealkylation sites (tertiary alicyclic amines) is 1. The van der Waals surface area contributed by atoms with Crippen LogP contribution in [0.25, 0.3) is 0 Å². The highest BCUT2D eigenvalue weighted by Gasteiger charge is 2.24. The van der Waals surface area contributed by atoms with Gasteiger partial charge >= 0.3 is 0 Å². The molecule has 0 aliphatic carbocycles. The Morgan fingerprint density at radius 1 is 1.33 bits per heavy atom. The second-order valence-corrected chi connectivity index (χ2v) is 6.63. The van der Waals surface area contributed by atoms with Gasteiger partial charge in [-0.2, -0.15) is 0 Å². The molecule has 142 valence electrons. The number of nitrogens with two attached hydrogens (primary N) is 1. The predicted octanol–water partition coefficient (Wildman–Crippen LogP) is 1.98. The average Bonchev–Trinajstić information content (AvgIpc) is 2.84. The molecule has 1 aromatic carbocycles. The molecule has 0 saturated carbocycles. The summed E-state index contributed by atoms with van der Waals surface area (Å²) in [7, 11) is 1.62. The van der Waals surface area contributed by atoms with Crippen LogP contribution in [-0.2, 0) is 11.3 Å². The van der Waals surface area contributed by atoms with E-state index in [1.165, 1.54) is 6.20 Å². The van der Waals surface area contributed by atoms with Gasteiger partial charge in [0.2, 0.25) is 5.91 Å². The smallest absolute Gasteiger partial charge is 0.251 e. The summed E-state index contributed by atoms with van der Waals surface area (Å²) in [6.07, 6.45) is 3.26. The summed E-state index contributed by atoms with van der Waals surface area (Å²) < 4.78 is 5.24. The molecule has 0 spiro atoms. The molecule has 1 aliphatic heterocycles. The maximum atomic E-state index is 12.5. The number of carbonyl (C=O) groups excluding carboxylic acids is 2. The third kappa shape index (κ3) is 4.97. The Balaban J connectivity index is 1.60. The van der Waals surface area contributed by atoms with Crippen molar-refractivity contribution in [2.45, 2.75) is 31.8 Å². The molecule has 1 aromatic heterocycles. The highest BCUT2D eigenvalue weighted by molar-refractivity contribution is 5.95. The van der Waals surface area contributed by atoms with Crippen LogP contribution in [0.2, 0.25) is 0 Å². The van der Waals surface area contributed by atoms with Crippen LogP contribution in [0.1, 0.15) is 35.2 Å². The number of nitrogen functional groups attached to an aromatic ring is 1. The van der Waals surface area contributed by atoms with Gasteiger partial charge in [0, 0.05) is 37.3 Å². The Labute approximate surface area is 158 Å². The van der Waals surface area contributed by atoms with Gasteiger partial charge in [0.1, 0.15) is 11.6 Å². The summed E-state index contributed by atoms with van der Waals surface area (Å²) >= 11 is 0. The van der Waals surface area contributed by atoms with Crippen LogP contribution < -0.4 is 15.8 Å². The molecule has 1 saturated heterocycles. The maximum absolute atomic E-state index is 12.5. The number of pyridine rings is 1. The van der Waals surface area contributed by atoms with Gasteiger partial charge in [0.25, 0.3) is 5.91 Å². The van der Waals surface area contributed by atoms with Crippen LogP contribution in [0.4, 0.5) is 5.82 Å². The average molecular weight is 368 g/mol. The van der Waals surface area contributed by atoms with Crippen LogP contribution in [-0.4, -0.2) is 41.4 Å². The van der Waals surface area contributed by atoms with Gasteiger partial charge < -0.3 is 20.7 Å². The van der Waals surface area contributed by atoms with E-state index in [-0.39, 0.29) is 17.9 Å². The summed E-state index contributed by atoms with van der Waals surface area (Å²) in [5.41, 5.74) is 7.14. The van der Waals surface area contributed by atoms with Crippen LogP contribution in [0, 0.1) is 0 Å². The Morgan fingerprint density at radius 2 is 2.19 bits per heavy atom. The summed E-state index contributed by atoms with van der Waals surface area (Å²) in [5.74, 6) is 0.991. The molecule has 27 heavy (non-hydrogen) atoms. The van der Waals surface area contributed by atoms with Crippen molar-refractivity contribution in [3.05, 3.63) is 53.7 Å². The first kappa shape index (κ1) is 18.7. The van der Waals surface area contributed by atoms with Crippen LogP contribution in [0.3, 0.4) is 0 Å². The zero-order chi connectivity index (χ0) is 19.2. The third-order valence-corrected chi connectivity index (χ3v) is 4.69. The number of benzene rings is 1. The number of nitrogens with zero attached hydrogens (tertiary/aromatic N) is 2. The monoisotopic (exact) mass is 368 g/mol. The minimum absolute atomic E-state index is 0.0499. The van der Waals surface area contributed by atoms with Crippen molar-refractivity contribution in [3.63, 3.8) is 0 Å². The number of aromatic nitrogens is 1. The number of methoxy groups -OCH3 is 1. The van der Waals surface area contributed by atoms with E-state index in [2.05, 4.69) is 10.3 Å². The van der Waals surface area contributed by atoms with Crippen LogP contribution >= 0.6 is 0 Å². The van der Waals surface area contributed by atoms with Gasteiger partial charge in [-0.05, 0) is 42.7 Å². The van der Waals surface area contributed by atoms with Crippen LogP contribution in [0.5, 0.6) is 5.75 Å². The zero-order valence-electron chi connectivity index (χ0n) is 15.4. The number of carbonyl (C=O) groups is 2. The number of anilines is 1. The molecular weight excluding hydrogens is 344 g/mol. The minimum Gasteiger partial charge on any atom is -0.497 e. The molecule has 0 radical (unpaired) electrons. The Bertz CT molecular complexity index is 824. The van der Waals surface area contributed by atoms with Gasteiger partial charge in [-0.1, -0.05) is 12.1 Å². The van der Waals surface area contributed by atoms with E-state index in [0.29, 0.717) is 43.7 Å². The molecule has 0 bridgehead atoms. The van der Waals surface area contributed by atoms with Crippen molar-refractivity contribution in [3.8, 4) is 5.75 Å². The molecule has 1 aliphatic rings. The fourth-order valence-corrected chi connectivity index (χ4v) is 3.20. The van der Waals surface area contributed by atoms with Gasteiger partial charge in [0.05, 0.1) is 7.11 Å². The summed E-state index contributed by atoms with van der Waals surface area (Å²) in [5, 5.41) is 3.00. The largest absolute Gasteiger partial charge is 0.497 e. The molecule has 3 N–H and O–H groups in total. The summed E-state index contributed by atoms with van der Waals surface area (Å²) in [6.45, 7) is 1.14. The molecule has 1 unspecified atom stereocenters. The summed E-state index contributed by atoms with van der Waals surface area (Å²) in [6, 6.07) is 10.8. The predicted molar refractivity (Wildman–Crippen MR) is 102 cm³/mol. The van der Waals surface area contributed by atoms with E-state index in [9.17, 15) is 9.59 Å². The number of ether oxygens (including phenoxy) is 1. The first-order valence-electron chi connectivity index (χ1n) is 8.98. The highest BCUT2D eigenvalue weighted by atomic mass is 16.5. The van der Waals surface area contributed by atoms with Crippen molar-refractivity contribution in [1.82, 2.24) is 15.2 Å². The molecular formula is C20H24N4O3. The van der Waals surface area contributed by atoms with E-state index in [0.717, 1.165) is 11.3 Å². The number of hydrogen-bond donors (Lipinski definition) is 2. The maximum Gasteiger partial charge on any atom is 0.251 e. The lowest BCUT2D eigenvalue weighted by atomic mass is 10.1. The van der Waals surface area contributed by atoms with Gasteiger partial charge in [-0.25, -0.2) is 4.98 Å². The molecule has 2 heterocycles. The standard InChI is InChI=1S/C20H24N4O3/c1-27-17-4-2-3-14(11-17)13-24-10-8-16(5-6-19(24)25)23-20(26)15-7-9-22-18(21)12-15/h2-4,7,9,11-12,16H,5-6,8,10,13H2,1H3,(H2,21,22)(H,23,26). The highest BCUT2D eigenvalue weighted by Crippen LogP contribution is 2.18. The fraction of sp³-hybridized carbons (Fsp3) is 0.350. The molecule has 1 fully saturated rings. The molecule has 2 aromatic rings. The zero-order valence-corrected chi connectivity index (χ0v) is 15.4. The second-order valence-electron chi connectivity index (χ2n) is 6.63. The summed E-state index contributed by atoms with van der Waals surface area (Å²) in [4.78, 5) is 30.6. The number of hydrogen-bond acceptors (Lipinski definition) is 5. The molecule has 7 nitrogen and oxygen atoms in total. The molecule has 1 atom stereocenters. The SMILES string of the molecule is COc1cccc(CN2CCC(NC(=O)c3ccnc(N)c3)CCC2=O)c1. The minimum atomic E-state index is -0.192. The van der Waals surface area contributed by atoms with Gasteiger partial charge in [-0.3, -0.25) is 9.59 Å². The Kier molecular flexibility index (Phi) is 5.90. The second kappa shape index (κ2) is 8.53. The van der Waals surface area contributed by atoms with E-state index in [4.69, 9.17) is 10.5 Å². The molecule has 2 amide bonds. The molecule has 7 heteroatoms. The number of rotatable bonds is 5. The first-order chi connectivity index (χ1) is 13.0. The fourth-order valence-electron chi connectivity index (χ4n) is 3.20. The number of nitrogens with one attached hydrogen (secondary N) is 1. The third-order valence-electron chi connectivity index (χ3n) is 4.69. The normalized spacial score (nSPS) is 17.3. The van der Waals surface area contributed by atoms with E-state index in [1.807, 2.05) is 29.2 Å². The van der Waals surface area contributed by atoms with Gasteiger partial charge in [-0.15, -0.1) is 0 Å². The van der Waals surface area contributed by atoms with E-state index < -0.39 is 0 Å². The van der Waals surface area contributed by atoms with Crippen molar-refractivity contribution in [2.24, 2.45) is 0 Å².